The van der Waals surface area contributed by atoms with E-state index in [-0.39, 0.29) is 18.3 Å². The Morgan fingerprint density at radius 1 is 0.923 bits per heavy atom. The van der Waals surface area contributed by atoms with Crippen LogP contribution in [0.4, 0.5) is 0 Å². The molecule has 1 fully saturated rings. The van der Waals surface area contributed by atoms with Crippen molar-refractivity contribution >= 4 is 11.6 Å². The van der Waals surface area contributed by atoms with Gasteiger partial charge in [-0.2, -0.15) is 0 Å². The van der Waals surface area contributed by atoms with Gasteiger partial charge in [0.25, 0.3) is 0 Å². The van der Waals surface area contributed by atoms with Gasteiger partial charge in [-0.15, -0.1) is 11.6 Å². The average Bonchev–Trinajstić information content (AvgIpc) is 2.72. The second kappa shape index (κ2) is 10.0. The van der Waals surface area contributed by atoms with Gasteiger partial charge < -0.3 is 18.9 Å². The smallest absolute Gasteiger partial charge is 0.186 e. The quantitative estimate of drug-likeness (QED) is 0.648. The summed E-state index contributed by atoms with van der Waals surface area (Å²) in [7, 11) is 1.62. The third kappa shape index (κ3) is 5.29. The van der Waals surface area contributed by atoms with Crippen molar-refractivity contribution in [3.63, 3.8) is 0 Å². The maximum Gasteiger partial charge on any atom is 0.186 e. The summed E-state index contributed by atoms with van der Waals surface area (Å²) in [6.45, 7) is 0.994. The largest absolute Gasteiger partial charge is 0.371 e. The van der Waals surface area contributed by atoms with Gasteiger partial charge in [-0.1, -0.05) is 60.7 Å². The van der Waals surface area contributed by atoms with Crippen molar-refractivity contribution in [2.24, 2.45) is 0 Å². The van der Waals surface area contributed by atoms with Gasteiger partial charge >= 0.3 is 0 Å². The molecule has 140 valence electrons. The molecule has 0 radical (unpaired) electrons. The van der Waals surface area contributed by atoms with E-state index in [4.69, 9.17) is 30.5 Å². The van der Waals surface area contributed by atoms with Crippen molar-refractivity contribution in [3.8, 4) is 0 Å². The predicted molar refractivity (Wildman–Crippen MR) is 101 cm³/mol. The Bertz CT molecular complexity index is 637. The molecule has 3 rings (SSSR count). The zero-order valence-electron chi connectivity index (χ0n) is 14.9. The minimum absolute atomic E-state index is 0.112. The molecular weight excluding hydrogens is 352 g/mol. The lowest BCUT2D eigenvalue weighted by Crippen LogP contribution is -2.51. The van der Waals surface area contributed by atoms with Gasteiger partial charge in [0.1, 0.15) is 6.10 Å². The molecule has 1 heterocycles. The highest BCUT2D eigenvalue weighted by atomic mass is 35.5. The highest BCUT2D eigenvalue weighted by molar-refractivity contribution is 6.18. The van der Waals surface area contributed by atoms with Crippen LogP contribution in [0.5, 0.6) is 0 Å². The van der Waals surface area contributed by atoms with Crippen LogP contribution in [0.2, 0.25) is 0 Å². The summed E-state index contributed by atoms with van der Waals surface area (Å²) in [6, 6.07) is 20.2. The summed E-state index contributed by atoms with van der Waals surface area (Å²) in [5, 5.41) is 0. The molecule has 0 saturated carbocycles. The topological polar surface area (TPSA) is 36.9 Å². The summed E-state index contributed by atoms with van der Waals surface area (Å²) >= 11 is 6.03. The number of alkyl halides is 1. The zero-order chi connectivity index (χ0) is 18.2. The van der Waals surface area contributed by atoms with Crippen molar-refractivity contribution in [2.45, 2.75) is 44.2 Å². The van der Waals surface area contributed by atoms with Crippen molar-refractivity contribution in [1.82, 2.24) is 0 Å². The molecule has 1 aliphatic rings. The highest BCUT2D eigenvalue weighted by Gasteiger charge is 2.40. The Morgan fingerprint density at radius 2 is 1.50 bits per heavy atom. The van der Waals surface area contributed by atoms with Gasteiger partial charge in [-0.05, 0) is 11.1 Å². The summed E-state index contributed by atoms with van der Waals surface area (Å²) in [4.78, 5) is 0. The molecule has 0 spiro atoms. The van der Waals surface area contributed by atoms with E-state index in [0.29, 0.717) is 25.5 Å². The SMILES string of the molecule is CO[C@H]1O[C@H](CCl)C[C@H](OCc2ccccc2)[C@H]1OCc1ccccc1. The number of rotatable bonds is 8. The molecule has 2 aromatic carbocycles. The molecule has 4 nitrogen and oxygen atoms in total. The first-order chi connectivity index (χ1) is 12.8. The Kier molecular flexibility index (Phi) is 7.47. The van der Waals surface area contributed by atoms with Crippen molar-refractivity contribution < 1.29 is 18.9 Å². The Balaban J connectivity index is 1.67. The molecular formula is C21H25ClO4. The van der Waals surface area contributed by atoms with E-state index in [1.54, 1.807) is 7.11 Å². The van der Waals surface area contributed by atoms with E-state index in [1.165, 1.54) is 0 Å². The first-order valence-electron chi connectivity index (χ1n) is 8.85. The fourth-order valence-corrected chi connectivity index (χ4v) is 3.27. The normalized spacial score (nSPS) is 25.9. The van der Waals surface area contributed by atoms with Crippen LogP contribution in [0, 0.1) is 0 Å². The standard InChI is InChI=1S/C21H25ClO4/c1-23-21-20(25-15-17-10-6-3-7-11-17)19(12-18(13-22)26-21)24-14-16-8-4-2-5-9-16/h2-11,18-21H,12-15H2,1H3/t18-,19-,20+,21-/m0/s1. The maximum absolute atomic E-state index is 6.19. The number of benzene rings is 2. The van der Waals surface area contributed by atoms with Crippen molar-refractivity contribution in [2.75, 3.05) is 13.0 Å². The molecule has 4 atom stereocenters. The summed E-state index contributed by atoms with van der Waals surface area (Å²) in [6.07, 6.45) is -0.406. The molecule has 0 unspecified atom stereocenters. The van der Waals surface area contributed by atoms with Crippen molar-refractivity contribution in [1.29, 1.82) is 0 Å². The monoisotopic (exact) mass is 376 g/mol. The number of ether oxygens (including phenoxy) is 4. The summed E-state index contributed by atoms with van der Waals surface area (Å²) in [5.74, 6) is 0.399. The van der Waals surface area contributed by atoms with Gasteiger partial charge in [-0.25, -0.2) is 0 Å². The number of hydrogen-bond acceptors (Lipinski definition) is 4. The molecule has 0 N–H and O–H groups in total. The molecule has 0 aromatic heterocycles. The third-order valence-corrected chi connectivity index (χ3v) is 4.80. The minimum atomic E-state index is -0.503. The fourth-order valence-electron chi connectivity index (χ4n) is 3.07. The van der Waals surface area contributed by atoms with E-state index in [1.807, 2.05) is 60.7 Å². The maximum atomic E-state index is 6.19. The van der Waals surface area contributed by atoms with Crippen LogP contribution in [0.25, 0.3) is 0 Å². The Labute approximate surface area is 160 Å². The molecule has 0 aliphatic carbocycles. The second-order valence-electron chi connectivity index (χ2n) is 6.35. The average molecular weight is 377 g/mol. The van der Waals surface area contributed by atoms with Crippen LogP contribution in [0.3, 0.4) is 0 Å². The lowest BCUT2D eigenvalue weighted by Gasteiger charge is -2.40. The Hall–Kier alpha value is -1.43. The lowest BCUT2D eigenvalue weighted by molar-refractivity contribution is -0.276. The molecule has 1 aliphatic heterocycles. The van der Waals surface area contributed by atoms with E-state index in [0.717, 1.165) is 11.1 Å². The van der Waals surface area contributed by atoms with Gasteiger partial charge in [0, 0.05) is 19.4 Å². The van der Waals surface area contributed by atoms with E-state index in [2.05, 4.69) is 0 Å². The summed E-state index contributed by atoms with van der Waals surface area (Å²) < 4.78 is 23.8. The third-order valence-electron chi connectivity index (χ3n) is 4.45. The predicted octanol–water partition coefficient (Wildman–Crippen LogP) is 4.16. The highest BCUT2D eigenvalue weighted by Crippen LogP contribution is 2.28. The molecule has 5 heteroatoms. The molecule has 0 bridgehead atoms. The first-order valence-corrected chi connectivity index (χ1v) is 9.39. The molecule has 2 aromatic rings. The van der Waals surface area contributed by atoms with Crippen LogP contribution in [-0.4, -0.2) is 37.6 Å². The second-order valence-corrected chi connectivity index (χ2v) is 6.66. The van der Waals surface area contributed by atoms with Crippen LogP contribution >= 0.6 is 11.6 Å². The van der Waals surface area contributed by atoms with E-state index < -0.39 is 6.29 Å². The van der Waals surface area contributed by atoms with Crippen LogP contribution in [0.1, 0.15) is 17.5 Å². The first kappa shape index (κ1) is 19.3. The fraction of sp³-hybridized carbons (Fsp3) is 0.429. The van der Waals surface area contributed by atoms with E-state index in [9.17, 15) is 0 Å². The van der Waals surface area contributed by atoms with Gasteiger partial charge in [0.2, 0.25) is 0 Å². The van der Waals surface area contributed by atoms with Gasteiger partial charge in [0.15, 0.2) is 6.29 Å². The van der Waals surface area contributed by atoms with Crippen LogP contribution in [-0.2, 0) is 32.2 Å². The van der Waals surface area contributed by atoms with Crippen LogP contribution in [0.15, 0.2) is 60.7 Å². The minimum Gasteiger partial charge on any atom is -0.371 e. The van der Waals surface area contributed by atoms with Gasteiger partial charge in [0.05, 0.1) is 25.4 Å². The lowest BCUT2D eigenvalue weighted by atomic mass is 10.0. The summed E-state index contributed by atoms with van der Waals surface area (Å²) in [5.41, 5.74) is 2.22. The van der Waals surface area contributed by atoms with E-state index >= 15 is 0 Å². The molecule has 0 amide bonds. The number of hydrogen-bond donors (Lipinski definition) is 0. The van der Waals surface area contributed by atoms with Gasteiger partial charge in [-0.3, -0.25) is 0 Å². The van der Waals surface area contributed by atoms with Crippen molar-refractivity contribution in [3.05, 3.63) is 71.8 Å². The number of methoxy groups -OCH3 is 1. The molecule has 1 saturated heterocycles. The Morgan fingerprint density at radius 3 is 2.04 bits per heavy atom. The molecule has 26 heavy (non-hydrogen) atoms. The zero-order valence-corrected chi connectivity index (χ0v) is 15.7. The van der Waals surface area contributed by atoms with Crippen LogP contribution < -0.4 is 0 Å². The number of halogens is 1.